The molecule has 0 heterocycles. The summed E-state index contributed by atoms with van der Waals surface area (Å²) in [7, 11) is 0. The Hall–Kier alpha value is -2.87. The Balaban J connectivity index is 1.25. The monoisotopic (exact) mass is 555 g/mol. The van der Waals surface area contributed by atoms with Crippen LogP contribution in [0.25, 0.3) is 11.1 Å². The van der Waals surface area contributed by atoms with Crippen LogP contribution >= 0.6 is 22.6 Å². The third kappa shape index (κ3) is 5.93. The number of rotatable bonds is 9. The molecule has 1 aliphatic carbocycles. The van der Waals surface area contributed by atoms with Crippen LogP contribution in [-0.2, 0) is 20.9 Å². The Morgan fingerprint density at radius 2 is 1.45 bits per heavy atom. The summed E-state index contributed by atoms with van der Waals surface area (Å²) < 4.78 is 11.6. The predicted molar refractivity (Wildman–Crippen MR) is 136 cm³/mol. The van der Waals surface area contributed by atoms with E-state index in [9.17, 15) is 9.59 Å². The number of alkyl halides is 1. The van der Waals surface area contributed by atoms with Gasteiger partial charge in [0.05, 0.1) is 0 Å². The molecule has 1 atom stereocenters. The number of hydrogen-bond donors (Lipinski definition) is 1. The van der Waals surface area contributed by atoms with Crippen LogP contribution in [0.15, 0.2) is 78.9 Å². The first kappa shape index (κ1) is 23.3. The third-order valence-corrected chi connectivity index (χ3v) is 6.85. The molecule has 6 heteroatoms. The Labute approximate surface area is 207 Å². The minimum absolute atomic E-state index is 0.0224. The zero-order valence-corrected chi connectivity index (χ0v) is 20.4. The van der Waals surface area contributed by atoms with E-state index in [1.54, 1.807) is 0 Å². The second-order valence-electron chi connectivity index (χ2n) is 8.01. The number of benzene rings is 3. The summed E-state index contributed by atoms with van der Waals surface area (Å²) in [5.41, 5.74) is 5.70. The summed E-state index contributed by atoms with van der Waals surface area (Å²) in [6.07, 6.45) is 0.279. The van der Waals surface area contributed by atoms with Gasteiger partial charge in [0.15, 0.2) is 0 Å². The van der Waals surface area contributed by atoms with Gasteiger partial charge in [-0.3, -0.25) is 4.79 Å². The van der Waals surface area contributed by atoms with Gasteiger partial charge in [-0.15, -0.1) is 0 Å². The quantitative estimate of drug-likeness (QED) is 0.204. The molecule has 1 unspecified atom stereocenters. The van der Waals surface area contributed by atoms with Crippen LogP contribution in [0.5, 0.6) is 0 Å². The number of amides is 1. The van der Waals surface area contributed by atoms with Gasteiger partial charge in [-0.05, 0) is 34.2 Å². The lowest BCUT2D eigenvalue weighted by atomic mass is 9.98. The third-order valence-electron chi connectivity index (χ3n) is 5.79. The van der Waals surface area contributed by atoms with E-state index in [-0.39, 0.29) is 37.6 Å². The number of ether oxygens (including phenoxy) is 2. The predicted octanol–water partition coefficient (Wildman–Crippen LogP) is 5.85. The first-order valence-corrected chi connectivity index (χ1v) is 12.5. The zero-order chi connectivity index (χ0) is 23.0. The van der Waals surface area contributed by atoms with Gasteiger partial charge >= 0.3 is 12.1 Å². The molecule has 0 radical (unpaired) electrons. The number of alkyl carbamates (subject to hydrolysis) is 1. The maximum Gasteiger partial charge on any atom is 0.407 e. The number of fused-ring (bicyclic) bond motifs is 3. The second-order valence-corrected chi connectivity index (χ2v) is 8.89. The second kappa shape index (κ2) is 11.3. The molecular formula is C27H26INO4. The molecule has 0 saturated carbocycles. The molecule has 0 bridgehead atoms. The lowest BCUT2D eigenvalue weighted by Crippen LogP contribution is -2.37. The minimum Gasteiger partial charge on any atom is -0.461 e. The lowest BCUT2D eigenvalue weighted by molar-refractivity contribution is -0.145. The van der Waals surface area contributed by atoms with Gasteiger partial charge in [0, 0.05) is 22.8 Å². The Bertz CT molecular complexity index is 1060. The fraction of sp³-hybridized carbons (Fsp3) is 0.259. The molecule has 170 valence electrons. The average molecular weight is 555 g/mol. The fourth-order valence-corrected chi connectivity index (χ4v) is 4.76. The molecule has 4 rings (SSSR count). The van der Waals surface area contributed by atoms with E-state index >= 15 is 0 Å². The molecule has 0 aliphatic heterocycles. The molecule has 0 spiro atoms. The highest BCUT2D eigenvalue weighted by Gasteiger charge is 2.29. The van der Waals surface area contributed by atoms with Gasteiger partial charge in [-0.2, -0.15) is 0 Å². The van der Waals surface area contributed by atoms with Gasteiger partial charge in [0.1, 0.15) is 13.2 Å². The Morgan fingerprint density at radius 1 is 0.848 bits per heavy atom. The van der Waals surface area contributed by atoms with Gasteiger partial charge in [-0.25, -0.2) is 4.79 Å². The van der Waals surface area contributed by atoms with Crippen molar-refractivity contribution >= 4 is 34.7 Å². The molecule has 1 N–H and O–H groups in total. The number of carbonyl (C=O) groups excluding carboxylic acids is 2. The molecule has 3 aromatic carbocycles. The first-order valence-electron chi connectivity index (χ1n) is 11.0. The topological polar surface area (TPSA) is 64.6 Å². The molecule has 1 amide bonds. The molecule has 0 saturated heterocycles. The van der Waals surface area contributed by atoms with Crippen LogP contribution in [0.2, 0.25) is 0 Å². The standard InChI is InChI=1S/C27H26INO4/c28-16-20(14-15-26(30)32-17-19-8-2-1-3-9-19)29-27(31)33-18-25-23-12-6-4-10-21(23)22-11-5-7-13-24(22)25/h1-13,20,25H,14-18H2,(H,29,31). The maximum absolute atomic E-state index is 12.5. The molecule has 1 aliphatic rings. The number of carbonyl (C=O) groups is 2. The van der Waals surface area contributed by atoms with E-state index in [1.807, 2.05) is 54.6 Å². The molecule has 3 aromatic rings. The molecular weight excluding hydrogens is 529 g/mol. The molecule has 0 fully saturated rings. The van der Waals surface area contributed by atoms with Crippen molar-refractivity contribution in [1.29, 1.82) is 0 Å². The smallest absolute Gasteiger partial charge is 0.407 e. The van der Waals surface area contributed by atoms with Crippen molar-refractivity contribution in [1.82, 2.24) is 5.32 Å². The number of nitrogens with one attached hydrogen (secondary N) is 1. The SMILES string of the molecule is O=C(CCC(CI)NC(=O)OCC1c2ccccc2-c2ccccc21)OCc1ccccc1. The van der Waals surface area contributed by atoms with Crippen molar-refractivity contribution in [2.75, 3.05) is 11.0 Å². The van der Waals surface area contributed by atoms with E-state index in [4.69, 9.17) is 9.47 Å². The van der Waals surface area contributed by atoms with Crippen molar-refractivity contribution in [2.45, 2.75) is 31.4 Å². The van der Waals surface area contributed by atoms with Crippen LogP contribution < -0.4 is 5.32 Å². The van der Waals surface area contributed by atoms with Crippen molar-refractivity contribution in [3.8, 4) is 11.1 Å². The maximum atomic E-state index is 12.5. The highest BCUT2D eigenvalue weighted by molar-refractivity contribution is 14.1. The number of hydrogen-bond acceptors (Lipinski definition) is 4. The zero-order valence-electron chi connectivity index (χ0n) is 18.2. The molecule has 0 aromatic heterocycles. The van der Waals surface area contributed by atoms with Gasteiger partial charge in [0.2, 0.25) is 0 Å². The summed E-state index contributed by atoms with van der Waals surface area (Å²) in [6, 6.07) is 25.9. The van der Waals surface area contributed by atoms with E-state index in [0.717, 1.165) is 5.56 Å². The van der Waals surface area contributed by atoms with Crippen molar-refractivity contribution in [2.24, 2.45) is 0 Å². The van der Waals surface area contributed by atoms with E-state index in [2.05, 4.69) is 52.2 Å². The summed E-state index contributed by atoms with van der Waals surface area (Å²) in [5, 5.41) is 2.89. The van der Waals surface area contributed by atoms with Crippen LogP contribution in [0, 0.1) is 0 Å². The van der Waals surface area contributed by atoms with Crippen LogP contribution in [0.4, 0.5) is 4.79 Å². The summed E-state index contributed by atoms with van der Waals surface area (Å²) in [6.45, 7) is 0.529. The van der Waals surface area contributed by atoms with Crippen molar-refractivity contribution in [3.63, 3.8) is 0 Å². The van der Waals surface area contributed by atoms with Crippen molar-refractivity contribution in [3.05, 3.63) is 95.6 Å². The summed E-state index contributed by atoms with van der Waals surface area (Å²) >= 11 is 2.21. The van der Waals surface area contributed by atoms with Gasteiger partial charge in [0.25, 0.3) is 0 Å². The summed E-state index contributed by atoms with van der Waals surface area (Å²) in [4.78, 5) is 24.6. The summed E-state index contributed by atoms with van der Waals surface area (Å²) in [5.74, 6) is -0.253. The van der Waals surface area contributed by atoms with E-state index in [1.165, 1.54) is 22.3 Å². The lowest BCUT2D eigenvalue weighted by Gasteiger charge is -2.18. The normalized spacial score (nSPS) is 13.0. The Morgan fingerprint density at radius 3 is 2.09 bits per heavy atom. The Kier molecular flexibility index (Phi) is 7.99. The molecule has 33 heavy (non-hydrogen) atoms. The van der Waals surface area contributed by atoms with Gasteiger partial charge in [-0.1, -0.05) is 101 Å². The van der Waals surface area contributed by atoms with Crippen LogP contribution in [-0.4, -0.2) is 29.1 Å². The van der Waals surface area contributed by atoms with E-state index in [0.29, 0.717) is 10.8 Å². The van der Waals surface area contributed by atoms with E-state index < -0.39 is 6.09 Å². The average Bonchev–Trinajstić information content (AvgIpc) is 3.18. The number of esters is 1. The van der Waals surface area contributed by atoms with Crippen LogP contribution in [0.1, 0.15) is 35.4 Å². The van der Waals surface area contributed by atoms with Crippen molar-refractivity contribution < 1.29 is 19.1 Å². The molecule has 5 nitrogen and oxygen atoms in total. The largest absolute Gasteiger partial charge is 0.461 e. The minimum atomic E-state index is -0.462. The first-order chi connectivity index (χ1) is 16.2. The highest BCUT2D eigenvalue weighted by Crippen LogP contribution is 2.44. The number of halogens is 1. The van der Waals surface area contributed by atoms with Crippen LogP contribution in [0.3, 0.4) is 0 Å². The highest BCUT2D eigenvalue weighted by atomic mass is 127. The van der Waals surface area contributed by atoms with Gasteiger partial charge < -0.3 is 14.8 Å². The fourth-order valence-electron chi connectivity index (χ4n) is 4.10.